The van der Waals surface area contributed by atoms with Crippen LogP contribution in [0, 0.1) is 0 Å². The van der Waals surface area contributed by atoms with Crippen LogP contribution in [-0.2, 0) is 0 Å². The van der Waals surface area contributed by atoms with Gasteiger partial charge >= 0.3 is 0 Å². The third kappa shape index (κ3) is 18.4. The topological polar surface area (TPSA) is 16.0 Å². The number of piperidine rings is 1. The second-order valence-electron chi connectivity index (χ2n) is 14.2. The van der Waals surface area contributed by atoms with Gasteiger partial charge in [-0.25, -0.2) is 0 Å². The second-order valence-corrected chi connectivity index (χ2v) is 14.2. The van der Waals surface area contributed by atoms with Gasteiger partial charge in [0, 0.05) is 43.3 Å². The van der Waals surface area contributed by atoms with Gasteiger partial charge < -0.3 is 19.6 Å². The van der Waals surface area contributed by atoms with Gasteiger partial charge in [-0.3, -0.25) is 4.90 Å². The summed E-state index contributed by atoms with van der Waals surface area (Å²) in [6, 6.07) is 3.89. The highest BCUT2D eigenvalue weighted by Gasteiger charge is 2.19. The molecular weight excluding hydrogens is 490 g/mol. The van der Waals surface area contributed by atoms with Gasteiger partial charge in [-0.05, 0) is 167 Å². The van der Waals surface area contributed by atoms with Crippen LogP contribution in [0.3, 0.4) is 0 Å². The number of hydrogen-bond donors (Lipinski definition) is 0. The minimum Gasteiger partial charge on any atom is -0.301 e. The number of likely N-dealkylation sites (tertiary alicyclic amines) is 4. The van der Waals surface area contributed by atoms with Gasteiger partial charge in [0.1, 0.15) is 0 Å². The van der Waals surface area contributed by atoms with E-state index in [2.05, 4.69) is 93.7 Å². The van der Waals surface area contributed by atoms with E-state index in [-0.39, 0.29) is 0 Å². The monoisotopic (exact) mass is 566 g/mol. The third-order valence-corrected chi connectivity index (χ3v) is 9.20. The maximum absolute atomic E-state index is 2.59. The van der Waals surface area contributed by atoms with Gasteiger partial charge in [-0.1, -0.05) is 19.3 Å². The molecule has 5 rings (SSSR count). The summed E-state index contributed by atoms with van der Waals surface area (Å²) in [5.74, 6) is 0. The molecule has 0 aliphatic carbocycles. The molecule has 0 spiro atoms. The van der Waals surface area contributed by atoms with Crippen LogP contribution in [0.4, 0.5) is 0 Å². The Hall–Kier alpha value is -0.200. The Bertz CT molecular complexity index is 548. The molecule has 0 radical (unpaired) electrons. The van der Waals surface area contributed by atoms with Crippen molar-refractivity contribution in [2.45, 2.75) is 164 Å². The minimum absolute atomic E-state index is 0.762. The van der Waals surface area contributed by atoms with Crippen molar-refractivity contribution in [2.75, 3.05) is 65.4 Å². The predicted octanol–water partition coefficient (Wildman–Crippen LogP) is 7.45. The molecule has 0 atom stereocenters. The van der Waals surface area contributed by atoms with Gasteiger partial charge in [-0.2, -0.15) is 0 Å². The van der Waals surface area contributed by atoms with E-state index < -0.39 is 0 Å². The number of nitrogens with zero attached hydrogens (tertiary/aromatic N) is 5. The van der Waals surface area contributed by atoms with E-state index in [1.54, 1.807) is 0 Å². The summed E-state index contributed by atoms with van der Waals surface area (Å²) in [4.78, 5) is 12.6. The quantitative estimate of drug-likeness (QED) is 0.321. The van der Waals surface area contributed by atoms with Crippen LogP contribution in [0.25, 0.3) is 0 Å². The Morgan fingerprint density at radius 3 is 0.550 bits per heavy atom. The fourth-order valence-corrected chi connectivity index (χ4v) is 5.74. The lowest BCUT2D eigenvalue weighted by molar-refractivity contribution is 0.138. The molecule has 5 aliphatic heterocycles. The van der Waals surface area contributed by atoms with E-state index >= 15 is 0 Å². The molecule has 5 heterocycles. The molecule has 0 aromatic carbocycles. The summed E-state index contributed by atoms with van der Waals surface area (Å²) in [6.45, 7) is 36.0. The third-order valence-electron chi connectivity index (χ3n) is 9.20. The summed E-state index contributed by atoms with van der Waals surface area (Å²) >= 11 is 0. The molecule has 0 aromatic rings. The molecule has 0 unspecified atom stereocenters. The van der Waals surface area contributed by atoms with E-state index in [0.29, 0.717) is 0 Å². The van der Waals surface area contributed by atoms with Gasteiger partial charge in [0.25, 0.3) is 0 Å². The Morgan fingerprint density at radius 1 is 0.225 bits per heavy atom. The summed E-state index contributed by atoms with van der Waals surface area (Å²) in [5.41, 5.74) is 0. The van der Waals surface area contributed by atoms with Crippen molar-refractivity contribution in [2.24, 2.45) is 0 Å². The molecule has 0 N–H and O–H groups in total. The molecule has 5 nitrogen and oxygen atoms in total. The number of rotatable bonds is 5. The minimum atomic E-state index is 0.762. The Kier molecular flexibility index (Phi) is 21.1. The molecule has 0 amide bonds. The SMILES string of the molecule is CC(C)N1CC1.CC(C)N1CCC1.CC(C)N1CCCC1.CC(C)N1CCCCC1.CC(C)N1CCCCCC1. The molecule has 5 aliphatic rings. The molecule has 240 valence electrons. The van der Waals surface area contributed by atoms with E-state index in [1.165, 1.54) is 130 Å². The summed E-state index contributed by atoms with van der Waals surface area (Å²) in [6.07, 6.45) is 14.2. The van der Waals surface area contributed by atoms with Crippen LogP contribution in [0.15, 0.2) is 0 Å². The van der Waals surface area contributed by atoms with E-state index in [9.17, 15) is 0 Å². The zero-order chi connectivity index (χ0) is 29.9. The zero-order valence-electron chi connectivity index (χ0n) is 29.3. The first-order valence-corrected chi connectivity index (χ1v) is 17.7. The molecular formula is C35H75N5. The van der Waals surface area contributed by atoms with Crippen LogP contribution in [0.2, 0.25) is 0 Å². The number of hydrogen-bond acceptors (Lipinski definition) is 5. The second kappa shape index (κ2) is 22.4. The average Bonchev–Trinajstić information content (AvgIpc) is 3.65. The van der Waals surface area contributed by atoms with Crippen LogP contribution in [0.5, 0.6) is 0 Å². The van der Waals surface area contributed by atoms with Crippen molar-refractivity contribution in [1.29, 1.82) is 0 Å². The van der Waals surface area contributed by atoms with Crippen molar-refractivity contribution in [1.82, 2.24) is 24.5 Å². The van der Waals surface area contributed by atoms with Crippen molar-refractivity contribution in [3.05, 3.63) is 0 Å². The molecule has 0 saturated carbocycles. The fourth-order valence-electron chi connectivity index (χ4n) is 5.74. The largest absolute Gasteiger partial charge is 0.301 e. The summed E-state index contributed by atoms with van der Waals surface area (Å²) < 4.78 is 0. The van der Waals surface area contributed by atoms with Crippen LogP contribution >= 0.6 is 0 Å². The first kappa shape index (κ1) is 37.8. The summed E-state index contributed by atoms with van der Waals surface area (Å²) in [7, 11) is 0. The van der Waals surface area contributed by atoms with E-state index in [4.69, 9.17) is 0 Å². The van der Waals surface area contributed by atoms with Gasteiger partial charge in [0.2, 0.25) is 0 Å². The highest BCUT2D eigenvalue weighted by molar-refractivity contribution is 4.75. The van der Waals surface area contributed by atoms with Gasteiger partial charge in [-0.15, -0.1) is 0 Å². The maximum Gasteiger partial charge on any atom is 0.0113 e. The zero-order valence-corrected chi connectivity index (χ0v) is 29.3. The highest BCUT2D eigenvalue weighted by atomic mass is 15.3. The molecule has 5 heteroatoms. The van der Waals surface area contributed by atoms with Crippen molar-refractivity contribution < 1.29 is 0 Å². The van der Waals surface area contributed by atoms with Crippen LogP contribution < -0.4 is 0 Å². The summed E-state index contributed by atoms with van der Waals surface area (Å²) in [5, 5.41) is 0. The van der Waals surface area contributed by atoms with Crippen molar-refractivity contribution >= 4 is 0 Å². The molecule has 0 aromatic heterocycles. The molecule has 5 saturated heterocycles. The van der Waals surface area contributed by atoms with Gasteiger partial charge in [0.05, 0.1) is 0 Å². The first-order valence-electron chi connectivity index (χ1n) is 17.7. The van der Waals surface area contributed by atoms with Crippen molar-refractivity contribution in [3.63, 3.8) is 0 Å². The van der Waals surface area contributed by atoms with E-state index in [0.717, 1.165) is 30.2 Å². The Labute approximate surface area is 253 Å². The van der Waals surface area contributed by atoms with Gasteiger partial charge in [0.15, 0.2) is 0 Å². The fraction of sp³-hybridized carbons (Fsp3) is 1.00. The highest BCUT2D eigenvalue weighted by Crippen LogP contribution is 2.13. The smallest absolute Gasteiger partial charge is 0.0113 e. The predicted molar refractivity (Wildman–Crippen MR) is 180 cm³/mol. The first-order chi connectivity index (χ1) is 19.0. The average molecular weight is 566 g/mol. The molecule has 0 bridgehead atoms. The molecule has 40 heavy (non-hydrogen) atoms. The lowest BCUT2D eigenvalue weighted by Gasteiger charge is -2.34. The van der Waals surface area contributed by atoms with Crippen molar-refractivity contribution in [3.8, 4) is 0 Å². The molecule has 5 fully saturated rings. The van der Waals surface area contributed by atoms with Crippen LogP contribution in [0.1, 0.15) is 133 Å². The lowest BCUT2D eigenvalue weighted by atomic mass is 10.1. The maximum atomic E-state index is 2.59. The Balaban J connectivity index is 0.000000252. The normalized spacial score (nSPS) is 22.9. The standard InChI is InChI=1S/C9H19N.C8H17N.C7H15N.C6H13N.C5H11N/c1-9(2)10-7-5-3-4-6-8-10;1-8(2)9-6-4-3-5-7-9;1-7(2)8-5-3-4-6-8;1-6(2)7-4-3-5-7;1-5(2)6-3-4-6/h9H,3-8H2,1-2H3;8H,3-7H2,1-2H3;7H,3-6H2,1-2H3;6H,3-5H2,1-2H3;5H,3-4H2,1-2H3. The van der Waals surface area contributed by atoms with E-state index in [1.807, 2.05) is 0 Å². The Morgan fingerprint density at radius 2 is 0.400 bits per heavy atom. The van der Waals surface area contributed by atoms with Crippen LogP contribution in [-0.4, -0.2) is 120 Å². The lowest BCUT2D eigenvalue weighted by Crippen LogP contribution is -2.41.